The molecular formula is C26H29N3O3S. The summed E-state index contributed by atoms with van der Waals surface area (Å²) in [5.74, 6) is 0.0608. The second-order valence-corrected chi connectivity index (χ2v) is 9.29. The normalized spacial score (nSPS) is 19.4. The number of thioether (sulfide) groups is 1. The van der Waals surface area contributed by atoms with Crippen molar-refractivity contribution in [1.29, 1.82) is 0 Å². The molecule has 0 radical (unpaired) electrons. The standard InChI is InChI=1S/C26H29N3O3S/c1-2-19-8-6-7-11-22(19)28-26-29(20-9-4-3-5-10-20)25(31)23(33-26)16-18-12-14-21(15-13-18)32-17-24(27)30/h6-8,11-16,20H,2-5,9-10,17H2,1H3,(H2,27,30)/b23-16+,28-26?. The van der Waals surface area contributed by atoms with Gasteiger partial charge in [0.25, 0.3) is 11.8 Å². The van der Waals surface area contributed by atoms with Crippen LogP contribution in [0.1, 0.15) is 50.2 Å². The lowest BCUT2D eigenvalue weighted by Crippen LogP contribution is -2.40. The van der Waals surface area contributed by atoms with Gasteiger partial charge in [0.1, 0.15) is 5.75 Å². The molecule has 0 atom stereocenters. The van der Waals surface area contributed by atoms with E-state index in [9.17, 15) is 9.59 Å². The number of nitrogens with two attached hydrogens (primary N) is 1. The lowest BCUT2D eigenvalue weighted by atomic mass is 9.94. The Hall–Kier alpha value is -3.06. The highest BCUT2D eigenvalue weighted by molar-refractivity contribution is 8.18. The molecule has 7 heteroatoms. The molecule has 0 aromatic heterocycles. The van der Waals surface area contributed by atoms with E-state index in [-0.39, 0.29) is 18.6 Å². The lowest BCUT2D eigenvalue weighted by molar-refractivity contribution is -0.124. The number of hydrogen-bond donors (Lipinski definition) is 1. The first-order valence-corrected chi connectivity index (χ1v) is 12.3. The van der Waals surface area contributed by atoms with Gasteiger partial charge in [0.15, 0.2) is 11.8 Å². The first kappa shape index (κ1) is 23.1. The maximum Gasteiger partial charge on any atom is 0.267 e. The van der Waals surface area contributed by atoms with Crippen LogP contribution in [0.3, 0.4) is 0 Å². The van der Waals surface area contributed by atoms with Crippen molar-refractivity contribution in [3.8, 4) is 5.75 Å². The summed E-state index contributed by atoms with van der Waals surface area (Å²) in [6.07, 6.45) is 8.33. The number of amides is 2. The SMILES string of the molecule is CCc1ccccc1N=C1S/C(=C/c2ccc(OCC(N)=O)cc2)C(=O)N1C1CCCCC1. The molecule has 2 aromatic carbocycles. The van der Waals surface area contributed by atoms with Gasteiger partial charge in [0.2, 0.25) is 0 Å². The van der Waals surface area contributed by atoms with Gasteiger partial charge >= 0.3 is 0 Å². The van der Waals surface area contributed by atoms with Crippen molar-refractivity contribution in [1.82, 2.24) is 4.90 Å². The molecule has 2 aliphatic rings. The third-order valence-electron chi connectivity index (χ3n) is 5.92. The largest absolute Gasteiger partial charge is 0.484 e. The van der Waals surface area contributed by atoms with Gasteiger partial charge < -0.3 is 10.5 Å². The molecule has 172 valence electrons. The number of aliphatic imine (C=N–C) groups is 1. The Bertz CT molecular complexity index is 1070. The molecule has 0 unspecified atom stereocenters. The predicted octanol–water partition coefficient (Wildman–Crippen LogP) is 5.05. The quantitative estimate of drug-likeness (QED) is 0.582. The summed E-state index contributed by atoms with van der Waals surface area (Å²) in [7, 11) is 0. The Morgan fingerprint density at radius 1 is 1.15 bits per heavy atom. The summed E-state index contributed by atoms with van der Waals surface area (Å²) in [5, 5.41) is 0.764. The zero-order chi connectivity index (χ0) is 23.2. The molecule has 1 aliphatic carbocycles. The van der Waals surface area contributed by atoms with Gasteiger partial charge in [-0.25, -0.2) is 4.99 Å². The fourth-order valence-corrected chi connectivity index (χ4v) is 5.27. The monoisotopic (exact) mass is 463 g/mol. The van der Waals surface area contributed by atoms with Crippen molar-refractivity contribution in [2.24, 2.45) is 10.7 Å². The molecule has 4 rings (SSSR count). The summed E-state index contributed by atoms with van der Waals surface area (Å²) in [5.41, 5.74) is 8.11. The van der Waals surface area contributed by atoms with Crippen LogP contribution in [-0.4, -0.2) is 34.5 Å². The van der Waals surface area contributed by atoms with Crippen LogP contribution in [0.25, 0.3) is 6.08 Å². The van der Waals surface area contributed by atoms with E-state index >= 15 is 0 Å². The number of aryl methyl sites for hydroxylation is 1. The van der Waals surface area contributed by atoms with E-state index in [1.54, 1.807) is 12.1 Å². The smallest absolute Gasteiger partial charge is 0.267 e. The van der Waals surface area contributed by atoms with Gasteiger partial charge in [-0.1, -0.05) is 56.5 Å². The molecule has 2 fully saturated rings. The topological polar surface area (TPSA) is 85.0 Å². The van der Waals surface area contributed by atoms with Gasteiger partial charge in [-0.05, 0) is 66.4 Å². The molecule has 0 bridgehead atoms. The predicted molar refractivity (Wildman–Crippen MR) is 133 cm³/mol. The van der Waals surface area contributed by atoms with Crippen LogP contribution >= 0.6 is 11.8 Å². The third kappa shape index (κ3) is 5.66. The summed E-state index contributed by atoms with van der Waals surface area (Å²) in [6, 6.07) is 15.6. The van der Waals surface area contributed by atoms with Crippen LogP contribution in [0.15, 0.2) is 58.4 Å². The molecule has 6 nitrogen and oxygen atoms in total. The maximum absolute atomic E-state index is 13.5. The Balaban J connectivity index is 1.62. The Morgan fingerprint density at radius 3 is 2.58 bits per heavy atom. The number of benzene rings is 2. The van der Waals surface area contributed by atoms with E-state index in [2.05, 4.69) is 13.0 Å². The van der Waals surface area contributed by atoms with E-state index in [4.69, 9.17) is 15.5 Å². The van der Waals surface area contributed by atoms with E-state index in [0.717, 1.165) is 48.5 Å². The van der Waals surface area contributed by atoms with Crippen LogP contribution in [0.2, 0.25) is 0 Å². The van der Waals surface area contributed by atoms with Gasteiger partial charge in [-0.3, -0.25) is 14.5 Å². The number of primary amides is 1. The summed E-state index contributed by atoms with van der Waals surface area (Å²) >= 11 is 1.44. The molecular weight excluding hydrogens is 434 g/mol. The molecule has 33 heavy (non-hydrogen) atoms. The average Bonchev–Trinajstić information content (AvgIpc) is 3.13. The highest BCUT2D eigenvalue weighted by atomic mass is 32.2. The van der Waals surface area contributed by atoms with Crippen LogP contribution in [-0.2, 0) is 16.0 Å². The molecule has 2 aromatic rings. The van der Waals surface area contributed by atoms with Gasteiger partial charge in [-0.15, -0.1) is 0 Å². The van der Waals surface area contributed by atoms with E-state index in [1.165, 1.54) is 23.7 Å². The first-order valence-electron chi connectivity index (χ1n) is 11.5. The highest BCUT2D eigenvalue weighted by Gasteiger charge is 2.38. The second-order valence-electron chi connectivity index (χ2n) is 8.28. The molecule has 2 amide bonds. The number of carbonyl (C=O) groups excluding carboxylic acids is 2. The van der Waals surface area contributed by atoms with Crippen LogP contribution in [0.4, 0.5) is 5.69 Å². The summed E-state index contributed by atoms with van der Waals surface area (Å²) < 4.78 is 5.32. The molecule has 2 N–H and O–H groups in total. The molecule has 1 saturated carbocycles. The first-order chi connectivity index (χ1) is 16.0. The lowest BCUT2D eigenvalue weighted by Gasteiger charge is -2.30. The van der Waals surface area contributed by atoms with Crippen molar-refractivity contribution in [2.75, 3.05) is 6.61 Å². The van der Waals surface area contributed by atoms with Crippen LogP contribution in [0.5, 0.6) is 5.75 Å². The third-order valence-corrected chi connectivity index (χ3v) is 6.91. The minimum atomic E-state index is -0.520. The van der Waals surface area contributed by atoms with Crippen molar-refractivity contribution < 1.29 is 14.3 Å². The zero-order valence-corrected chi connectivity index (χ0v) is 19.6. The number of carbonyl (C=O) groups is 2. The van der Waals surface area contributed by atoms with Crippen LogP contribution < -0.4 is 10.5 Å². The number of hydrogen-bond acceptors (Lipinski definition) is 5. The molecule has 1 saturated heterocycles. The van der Waals surface area contributed by atoms with E-state index in [1.807, 2.05) is 41.3 Å². The number of amidine groups is 1. The molecule has 1 heterocycles. The maximum atomic E-state index is 13.5. The van der Waals surface area contributed by atoms with Gasteiger partial charge in [0, 0.05) is 6.04 Å². The number of nitrogens with zero attached hydrogens (tertiary/aromatic N) is 2. The van der Waals surface area contributed by atoms with Crippen LogP contribution in [0, 0.1) is 0 Å². The summed E-state index contributed by atoms with van der Waals surface area (Å²) in [4.78, 5) is 31.9. The van der Waals surface area contributed by atoms with Gasteiger partial charge in [-0.2, -0.15) is 0 Å². The van der Waals surface area contributed by atoms with Crippen molar-refractivity contribution in [3.05, 3.63) is 64.6 Å². The minimum Gasteiger partial charge on any atom is -0.484 e. The van der Waals surface area contributed by atoms with E-state index in [0.29, 0.717) is 10.7 Å². The number of rotatable bonds is 7. The van der Waals surface area contributed by atoms with E-state index < -0.39 is 5.91 Å². The van der Waals surface area contributed by atoms with Gasteiger partial charge in [0.05, 0.1) is 10.6 Å². The number of para-hydroxylation sites is 1. The summed E-state index contributed by atoms with van der Waals surface area (Å²) in [6.45, 7) is 1.96. The Morgan fingerprint density at radius 2 is 1.88 bits per heavy atom. The zero-order valence-electron chi connectivity index (χ0n) is 18.8. The van der Waals surface area contributed by atoms with Crippen molar-refractivity contribution in [3.63, 3.8) is 0 Å². The fourth-order valence-electron chi connectivity index (χ4n) is 4.21. The molecule has 1 aliphatic heterocycles. The fraction of sp³-hybridized carbons (Fsp3) is 0.346. The minimum absolute atomic E-state index is 0.0219. The second kappa shape index (κ2) is 10.7. The van der Waals surface area contributed by atoms with Crippen molar-refractivity contribution >= 4 is 40.5 Å². The Kier molecular flexibility index (Phi) is 7.50. The highest BCUT2D eigenvalue weighted by Crippen LogP contribution is 2.39. The molecule has 0 spiro atoms. The average molecular weight is 464 g/mol. The van der Waals surface area contributed by atoms with Crippen molar-refractivity contribution in [2.45, 2.75) is 51.5 Å². The number of ether oxygens (including phenoxy) is 1. The Labute approximate surface area is 198 Å².